The lowest BCUT2D eigenvalue weighted by molar-refractivity contribution is -0.149. The second-order valence-electron chi connectivity index (χ2n) is 6.18. The van der Waals surface area contributed by atoms with Crippen molar-refractivity contribution in [3.05, 3.63) is 28.5 Å². The van der Waals surface area contributed by atoms with Gasteiger partial charge in [-0.1, -0.05) is 6.92 Å². The van der Waals surface area contributed by atoms with Gasteiger partial charge < -0.3 is 14.6 Å². The molecule has 8 nitrogen and oxygen atoms in total. The normalized spacial score (nSPS) is 18.9. The highest BCUT2D eigenvalue weighted by atomic mass is 16.5. The van der Waals surface area contributed by atoms with Crippen molar-refractivity contribution in [3.63, 3.8) is 0 Å². The minimum atomic E-state index is -0.560. The van der Waals surface area contributed by atoms with E-state index in [1.54, 1.807) is 4.57 Å². The molecule has 1 aromatic rings. The standard InChI is InChI=1S/C17H19N3O5/c1-4-5-11(22)25-10-6-7-20-14-13(19-17(10)20)16(24)12(18-9(3)21)8(2)15(14)23/h10H,4-7H2,1-3H3,(H,18,21). The van der Waals surface area contributed by atoms with Gasteiger partial charge in [0.05, 0.1) is 5.70 Å². The van der Waals surface area contributed by atoms with Crippen LogP contribution in [0.3, 0.4) is 0 Å². The molecule has 0 aromatic carbocycles. The van der Waals surface area contributed by atoms with E-state index >= 15 is 0 Å². The monoisotopic (exact) mass is 345 g/mol. The van der Waals surface area contributed by atoms with E-state index in [2.05, 4.69) is 10.3 Å². The Bertz CT molecular complexity index is 834. The summed E-state index contributed by atoms with van der Waals surface area (Å²) in [5.74, 6) is -1.20. The maximum Gasteiger partial charge on any atom is 0.306 e. The number of imidazole rings is 1. The molecular weight excluding hydrogens is 326 g/mol. The first-order valence-corrected chi connectivity index (χ1v) is 8.22. The maximum atomic E-state index is 12.7. The van der Waals surface area contributed by atoms with E-state index in [1.165, 1.54) is 13.8 Å². The summed E-state index contributed by atoms with van der Waals surface area (Å²) < 4.78 is 7.06. The molecule has 1 unspecified atom stereocenters. The number of nitrogens with zero attached hydrogens (tertiary/aromatic N) is 2. The van der Waals surface area contributed by atoms with E-state index in [-0.39, 0.29) is 34.4 Å². The van der Waals surface area contributed by atoms with Crippen molar-refractivity contribution in [1.82, 2.24) is 14.9 Å². The zero-order chi connectivity index (χ0) is 18.3. The van der Waals surface area contributed by atoms with Crippen molar-refractivity contribution < 1.29 is 23.9 Å². The lowest BCUT2D eigenvalue weighted by atomic mass is 9.95. The van der Waals surface area contributed by atoms with E-state index in [1.807, 2.05) is 6.92 Å². The predicted octanol–water partition coefficient (Wildman–Crippen LogP) is 1.46. The van der Waals surface area contributed by atoms with Crippen LogP contribution < -0.4 is 5.32 Å². The Morgan fingerprint density at radius 2 is 2.04 bits per heavy atom. The molecule has 0 fully saturated rings. The highest BCUT2D eigenvalue weighted by Crippen LogP contribution is 2.35. The highest BCUT2D eigenvalue weighted by molar-refractivity contribution is 6.26. The topological polar surface area (TPSA) is 107 Å². The van der Waals surface area contributed by atoms with Crippen LogP contribution in [0.15, 0.2) is 11.3 Å². The van der Waals surface area contributed by atoms with E-state index in [0.717, 1.165) is 0 Å². The molecule has 1 amide bonds. The van der Waals surface area contributed by atoms with Gasteiger partial charge in [-0.2, -0.15) is 0 Å². The molecule has 2 heterocycles. The SMILES string of the molecule is CCCC(=O)OC1CCn2c1nc1c2C(=O)C(C)=C(NC(C)=O)C1=O. The van der Waals surface area contributed by atoms with Crippen molar-refractivity contribution in [2.75, 3.05) is 0 Å². The number of allylic oxidation sites excluding steroid dienone is 2. The third kappa shape index (κ3) is 2.77. The number of amides is 1. The van der Waals surface area contributed by atoms with Crippen molar-refractivity contribution in [2.24, 2.45) is 0 Å². The molecule has 0 spiro atoms. The fourth-order valence-corrected chi connectivity index (χ4v) is 3.15. The molecule has 132 valence electrons. The van der Waals surface area contributed by atoms with Crippen molar-refractivity contribution in [1.29, 1.82) is 0 Å². The van der Waals surface area contributed by atoms with Crippen molar-refractivity contribution in [2.45, 2.75) is 52.7 Å². The molecule has 3 rings (SSSR count). The van der Waals surface area contributed by atoms with Crippen LogP contribution in [-0.4, -0.2) is 33.0 Å². The number of nitrogens with one attached hydrogen (secondary N) is 1. The van der Waals surface area contributed by atoms with Crippen LogP contribution >= 0.6 is 0 Å². The fourth-order valence-electron chi connectivity index (χ4n) is 3.15. The number of fused-ring (bicyclic) bond motifs is 3. The number of carbonyl (C=O) groups is 4. The Morgan fingerprint density at radius 1 is 1.32 bits per heavy atom. The summed E-state index contributed by atoms with van der Waals surface area (Å²) in [6, 6.07) is 0. The summed E-state index contributed by atoms with van der Waals surface area (Å²) in [5.41, 5.74) is 0.356. The Kier molecular flexibility index (Phi) is 4.28. The average molecular weight is 345 g/mol. The summed E-state index contributed by atoms with van der Waals surface area (Å²) in [6.07, 6.45) is 0.946. The minimum absolute atomic E-state index is 0.00518. The number of carbonyl (C=O) groups excluding carboxylic acids is 4. The molecule has 1 atom stereocenters. The lowest BCUT2D eigenvalue weighted by Crippen LogP contribution is -2.33. The summed E-state index contributed by atoms with van der Waals surface area (Å²) in [6.45, 7) is 5.10. The van der Waals surface area contributed by atoms with Crippen LogP contribution in [0.5, 0.6) is 0 Å². The van der Waals surface area contributed by atoms with Crippen molar-refractivity contribution in [3.8, 4) is 0 Å². The quantitative estimate of drug-likeness (QED) is 0.828. The number of aromatic nitrogens is 2. The van der Waals surface area contributed by atoms with Crippen molar-refractivity contribution >= 4 is 23.4 Å². The van der Waals surface area contributed by atoms with E-state index < -0.39 is 17.8 Å². The Labute approximate surface area is 144 Å². The third-order valence-corrected chi connectivity index (χ3v) is 4.30. The number of Topliss-reactive ketones (excluding diaryl/α,β-unsaturated/α-hetero) is 2. The number of ketones is 2. The van der Waals surface area contributed by atoms with E-state index in [0.29, 0.717) is 31.6 Å². The molecule has 1 aliphatic heterocycles. The first-order chi connectivity index (χ1) is 11.8. The van der Waals surface area contributed by atoms with Crippen LogP contribution in [0.25, 0.3) is 0 Å². The van der Waals surface area contributed by atoms with Gasteiger partial charge in [0.2, 0.25) is 17.5 Å². The minimum Gasteiger partial charge on any atom is -0.454 e. The van der Waals surface area contributed by atoms with Gasteiger partial charge in [0.25, 0.3) is 0 Å². The summed E-state index contributed by atoms with van der Waals surface area (Å²) in [7, 11) is 0. The number of rotatable bonds is 4. The Balaban J connectivity index is 1.97. The Hall–Kier alpha value is -2.77. The van der Waals surface area contributed by atoms with Crippen LogP contribution in [-0.2, 0) is 20.9 Å². The molecule has 0 radical (unpaired) electrons. The van der Waals surface area contributed by atoms with Gasteiger partial charge in [0.1, 0.15) is 11.4 Å². The van der Waals surface area contributed by atoms with Crippen LogP contribution in [0.2, 0.25) is 0 Å². The van der Waals surface area contributed by atoms with Crippen LogP contribution in [0.4, 0.5) is 0 Å². The molecule has 8 heteroatoms. The zero-order valence-electron chi connectivity index (χ0n) is 14.3. The largest absolute Gasteiger partial charge is 0.454 e. The summed E-state index contributed by atoms with van der Waals surface area (Å²) in [4.78, 5) is 52.7. The van der Waals surface area contributed by atoms with Gasteiger partial charge in [-0.05, 0) is 13.3 Å². The first-order valence-electron chi connectivity index (χ1n) is 8.22. The molecule has 1 aliphatic carbocycles. The van der Waals surface area contributed by atoms with Gasteiger partial charge in [-0.25, -0.2) is 4.98 Å². The van der Waals surface area contributed by atoms with Gasteiger partial charge in [-0.15, -0.1) is 0 Å². The molecule has 0 bridgehead atoms. The number of hydrogen-bond donors (Lipinski definition) is 1. The summed E-state index contributed by atoms with van der Waals surface area (Å²) in [5, 5.41) is 2.41. The van der Waals surface area contributed by atoms with Crippen LogP contribution in [0, 0.1) is 0 Å². The fraction of sp³-hybridized carbons (Fsp3) is 0.471. The van der Waals surface area contributed by atoms with Gasteiger partial charge >= 0.3 is 5.97 Å². The third-order valence-electron chi connectivity index (χ3n) is 4.30. The van der Waals surface area contributed by atoms with Gasteiger partial charge in [-0.3, -0.25) is 19.2 Å². The van der Waals surface area contributed by atoms with E-state index in [4.69, 9.17) is 4.74 Å². The number of esters is 1. The van der Waals surface area contributed by atoms with Gasteiger partial charge in [0.15, 0.2) is 11.9 Å². The zero-order valence-corrected chi connectivity index (χ0v) is 14.3. The second-order valence-corrected chi connectivity index (χ2v) is 6.18. The smallest absolute Gasteiger partial charge is 0.306 e. The number of hydrogen-bond acceptors (Lipinski definition) is 6. The molecule has 1 N–H and O–H groups in total. The highest BCUT2D eigenvalue weighted by Gasteiger charge is 2.40. The van der Waals surface area contributed by atoms with E-state index in [9.17, 15) is 19.2 Å². The maximum absolute atomic E-state index is 12.7. The predicted molar refractivity (Wildman–Crippen MR) is 85.8 cm³/mol. The van der Waals surface area contributed by atoms with Gasteiger partial charge in [0, 0.05) is 31.9 Å². The first kappa shape index (κ1) is 17.1. The number of ether oxygens (including phenoxy) is 1. The molecule has 25 heavy (non-hydrogen) atoms. The molecule has 0 saturated carbocycles. The molecule has 2 aliphatic rings. The second kappa shape index (κ2) is 6.27. The Morgan fingerprint density at radius 3 is 2.68 bits per heavy atom. The molecular formula is C17H19N3O5. The lowest BCUT2D eigenvalue weighted by Gasteiger charge is -2.16. The molecule has 0 saturated heterocycles. The van der Waals surface area contributed by atoms with Crippen LogP contribution in [0.1, 0.15) is 72.9 Å². The molecule has 1 aromatic heterocycles. The summed E-state index contributed by atoms with van der Waals surface area (Å²) >= 11 is 0. The average Bonchev–Trinajstić information content (AvgIpc) is 3.10.